The van der Waals surface area contributed by atoms with Gasteiger partial charge < -0.3 is 15.0 Å². The van der Waals surface area contributed by atoms with Crippen LogP contribution >= 0.6 is 0 Å². The van der Waals surface area contributed by atoms with E-state index in [0.29, 0.717) is 6.54 Å². The van der Waals surface area contributed by atoms with Crippen molar-refractivity contribution in [3.63, 3.8) is 0 Å². The van der Waals surface area contributed by atoms with Crippen LogP contribution in [0.3, 0.4) is 0 Å². The first-order chi connectivity index (χ1) is 15.7. The summed E-state index contributed by atoms with van der Waals surface area (Å²) in [6.07, 6.45) is 6.23. The van der Waals surface area contributed by atoms with Crippen LogP contribution in [-0.4, -0.2) is 47.1 Å². The molecule has 2 aliphatic heterocycles. The molecule has 0 atom stereocenters. The summed E-state index contributed by atoms with van der Waals surface area (Å²) >= 11 is 0. The maximum absolute atomic E-state index is 12.2. The Kier molecular flexibility index (Phi) is 4.74. The van der Waals surface area contributed by atoms with E-state index in [1.54, 1.807) is 0 Å². The molecule has 2 N–H and O–H groups in total. The molecule has 0 radical (unpaired) electrons. The lowest BCUT2D eigenvalue weighted by atomic mass is 10.1. The number of hydrogen-bond donors (Lipinski definition) is 2. The number of ether oxygens (including phenoxy) is 1. The SMILES string of the molecule is O=C1NCc2nc3c(ccc4c[nH]c(C=Cc5cccc(CN6CCOCC6)c5)cc43)c21. The third-order valence-corrected chi connectivity index (χ3v) is 6.31. The smallest absolute Gasteiger partial charge is 0.254 e. The van der Waals surface area contributed by atoms with Gasteiger partial charge >= 0.3 is 0 Å². The van der Waals surface area contributed by atoms with Crippen molar-refractivity contribution in [2.75, 3.05) is 26.3 Å². The van der Waals surface area contributed by atoms with Gasteiger partial charge in [0.25, 0.3) is 5.91 Å². The zero-order valence-electron chi connectivity index (χ0n) is 17.7. The zero-order valence-corrected chi connectivity index (χ0v) is 17.7. The molecule has 4 aromatic rings. The van der Waals surface area contributed by atoms with Crippen molar-refractivity contribution in [3.05, 3.63) is 76.7 Å². The number of aromatic amines is 1. The first-order valence-electron chi connectivity index (χ1n) is 11.0. The minimum Gasteiger partial charge on any atom is -0.379 e. The molecule has 2 aromatic heterocycles. The quantitative estimate of drug-likeness (QED) is 0.520. The van der Waals surface area contributed by atoms with Gasteiger partial charge in [-0.1, -0.05) is 42.5 Å². The fraction of sp³-hybridized carbons (Fsp3) is 0.231. The second kappa shape index (κ2) is 7.89. The molecule has 0 saturated carbocycles. The van der Waals surface area contributed by atoms with Crippen molar-refractivity contribution in [3.8, 4) is 0 Å². The van der Waals surface area contributed by atoms with E-state index in [9.17, 15) is 4.79 Å². The van der Waals surface area contributed by atoms with E-state index in [-0.39, 0.29) is 5.91 Å². The number of nitrogens with one attached hydrogen (secondary N) is 2. The highest BCUT2D eigenvalue weighted by molar-refractivity contribution is 6.16. The van der Waals surface area contributed by atoms with Gasteiger partial charge in [0.2, 0.25) is 0 Å². The van der Waals surface area contributed by atoms with Gasteiger partial charge in [-0.2, -0.15) is 0 Å². The molecule has 2 aliphatic rings. The Morgan fingerprint density at radius 3 is 2.88 bits per heavy atom. The minimum absolute atomic E-state index is 0.0265. The van der Waals surface area contributed by atoms with Crippen LogP contribution in [-0.2, 0) is 17.8 Å². The van der Waals surface area contributed by atoms with Crippen molar-refractivity contribution in [1.82, 2.24) is 20.2 Å². The molecule has 32 heavy (non-hydrogen) atoms. The summed E-state index contributed by atoms with van der Waals surface area (Å²) in [6, 6.07) is 14.8. The number of hydrogen-bond acceptors (Lipinski definition) is 4. The molecular weight excluding hydrogens is 400 g/mol. The molecule has 0 spiro atoms. The standard InChI is InChI=1S/C26H24N4O2/c31-26-24-21-7-5-19-14-27-20(13-22(19)25(21)29-23(24)15-28-26)6-4-17-2-1-3-18(12-17)16-30-8-10-32-11-9-30/h1-7,12-14,27H,8-11,15-16H2,(H,28,31). The number of amides is 1. The van der Waals surface area contributed by atoms with Gasteiger partial charge in [-0.15, -0.1) is 0 Å². The summed E-state index contributed by atoms with van der Waals surface area (Å²) in [5, 5.41) is 5.93. The lowest BCUT2D eigenvalue weighted by Crippen LogP contribution is -2.35. The zero-order chi connectivity index (χ0) is 21.5. The van der Waals surface area contributed by atoms with Gasteiger partial charge in [0.1, 0.15) is 0 Å². The third-order valence-electron chi connectivity index (χ3n) is 6.31. The van der Waals surface area contributed by atoms with Crippen molar-refractivity contribution in [2.45, 2.75) is 13.1 Å². The van der Waals surface area contributed by atoms with E-state index in [4.69, 9.17) is 9.72 Å². The fourth-order valence-electron chi connectivity index (χ4n) is 4.66. The summed E-state index contributed by atoms with van der Waals surface area (Å²) in [7, 11) is 0. The predicted octanol–water partition coefficient (Wildman–Crippen LogP) is 3.96. The lowest BCUT2D eigenvalue weighted by molar-refractivity contribution is 0.0342. The Bertz CT molecular complexity index is 1370. The molecule has 6 heteroatoms. The van der Waals surface area contributed by atoms with Crippen LogP contribution in [0.2, 0.25) is 0 Å². The van der Waals surface area contributed by atoms with E-state index in [2.05, 4.69) is 57.7 Å². The Balaban J connectivity index is 1.29. The van der Waals surface area contributed by atoms with Gasteiger partial charge in [0.15, 0.2) is 0 Å². The molecule has 2 aromatic carbocycles. The monoisotopic (exact) mass is 424 g/mol. The van der Waals surface area contributed by atoms with Crippen LogP contribution in [0, 0.1) is 0 Å². The number of carbonyl (C=O) groups excluding carboxylic acids is 1. The number of nitrogens with zero attached hydrogens (tertiary/aromatic N) is 2. The number of rotatable bonds is 4. The number of H-pyrrole nitrogens is 1. The summed E-state index contributed by atoms with van der Waals surface area (Å²) in [4.78, 5) is 22.7. The van der Waals surface area contributed by atoms with E-state index in [1.165, 1.54) is 11.1 Å². The number of morpholine rings is 1. The van der Waals surface area contributed by atoms with Crippen LogP contribution in [0.1, 0.15) is 32.9 Å². The van der Waals surface area contributed by atoms with Crippen LogP contribution in [0.4, 0.5) is 0 Å². The molecule has 1 amide bonds. The van der Waals surface area contributed by atoms with Crippen molar-refractivity contribution in [2.24, 2.45) is 0 Å². The summed E-state index contributed by atoms with van der Waals surface area (Å²) < 4.78 is 5.45. The largest absolute Gasteiger partial charge is 0.379 e. The van der Waals surface area contributed by atoms with Crippen molar-refractivity contribution < 1.29 is 9.53 Å². The molecular formula is C26H24N4O2. The molecule has 1 saturated heterocycles. The molecule has 0 bridgehead atoms. The predicted molar refractivity (Wildman–Crippen MR) is 126 cm³/mol. The second-order valence-corrected chi connectivity index (χ2v) is 8.44. The normalized spacial score (nSPS) is 16.8. The minimum atomic E-state index is -0.0265. The van der Waals surface area contributed by atoms with Crippen LogP contribution < -0.4 is 5.32 Å². The lowest BCUT2D eigenvalue weighted by Gasteiger charge is -2.26. The maximum atomic E-state index is 12.2. The number of fused-ring (bicyclic) bond motifs is 5. The average molecular weight is 425 g/mol. The molecule has 1 fully saturated rings. The molecule has 6 nitrogen and oxygen atoms in total. The van der Waals surface area contributed by atoms with E-state index in [1.807, 2.05) is 18.3 Å². The molecule has 160 valence electrons. The van der Waals surface area contributed by atoms with Gasteiger partial charge in [-0.05, 0) is 28.7 Å². The Hall–Kier alpha value is -3.48. The fourth-order valence-corrected chi connectivity index (χ4v) is 4.66. The van der Waals surface area contributed by atoms with E-state index in [0.717, 1.165) is 71.5 Å². The number of carbonyl (C=O) groups is 1. The van der Waals surface area contributed by atoms with Crippen LogP contribution in [0.25, 0.3) is 33.8 Å². The molecule has 6 rings (SSSR count). The topological polar surface area (TPSA) is 70.2 Å². The van der Waals surface area contributed by atoms with Crippen LogP contribution in [0.5, 0.6) is 0 Å². The molecule has 0 aliphatic carbocycles. The van der Waals surface area contributed by atoms with Crippen LogP contribution in [0.15, 0.2) is 48.7 Å². The summed E-state index contributed by atoms with van der Waals surface area (Å²) in [5.41, 5.74) is 5.95. The van der Waals surface area contributed by atoms with Gasteiger partial charge in [0.05, 0.1) is 36.5 Å². The highest BCUT2D eigenvalue weighted by Gasteiger charge is 2.25. The first-order valence-corrected chi connectivity index (χ1v) is 11.0. The summed E-state index contributed by atoms with van der Waals surface area (Å²) in [5.74, 6) is -0.0265. The number of benzene rings is 2. The van der Waals surface area contributed by atoms with Gasteiger partial charge in [0, 0.05) is 42.3 Å². The highest BCUT2D eigenvalue weighted by atomic mass is 16.5. The van der Waals surface area contributed by atoms with Crippen molar-refractivity contribution in [1.29, 1.82) is 0 Å². The summed E-state index contributed by atoms with van der Waals surface area (Å²) in [6.45, 7) is 5.07. The average Bonchev–Trinajstić information content (AvgIpc) is 3.38. The Labute approximate surface area is 185 Å². The van der Waals surface area contributed by atoms with E-state index < -0.39 is 0 Å². The van der Waals surface area contributed by atoms with E-state index >= 15 is 0 Å². The highest BCUT2D eigenvalue weighted by Crippen LogP contribution is 2.31. The van der Waals surface area contributed by atoms with Crippen molar-refractivity contribution >= 4 is 39.7 Å². The number of pyridine rings is 1. The molecule has 0 unspecified atom stereocenters. The second-order valence-electron chi connectivity index (χ2n) is 8.44. The maximum Gasteiger partial charge on any atom is 0.254 e. The Morgan fingerprint density at radius 2 is 1.97 bits per heavy atom. The Morgan fingerprint density at radius 1 is 1.06 bits per heavy atom. The van der Waals surface area contributed by atoms with Gasteiger partial charge in [-0.25, -0.2) is 4.98 Å². The first kappa shape index (κ1) is 19.2. The van der Waals surface area contributed by atoms with Gasteiger partial charge in [-0.3, -0.25) is 9.69 Å². The number of aromatic nitrogens is 2. The third kappa shape index (κ3) is 3.47. The molecule has 4 heterocycles.